The molecule has 0 saturated heterocycles. The van der Waals surface area contributed by atoms with Crippen LogP contribution in [-0.2, 0) is 11.3 Å². The monoisotopic (exact) mass is 344 g/mol. The van der Waals surface area contributed by atoms with Gasteiger partial charge in [-0.1, -0.05) is 34.8 Å². The van der Waals surface area contributed by atoms with Gasteiger partial charge in [-0.05, 0) is 24.3 Å². The summed E-state index contributed by atoms with van der Waals surface area (Å²) >= 11 is 17.7. The Morgan fingerprint density at radius 1 is 1.19 bits per heavy atom. The lowest BCUT2D eigenvalue weighted by molar-refractivity contribution is -0.116. The van der Waals surface area contributed by atoms with Crippen molar-refractivity contribution in [1.29, 1.82) is 0 Å². The average molecular weight is 346 g/mol. The van der Waals surface area contributed by atoms with E-state index < -0.39 is 0 Å². The minimum Gasteiger partial charge on any atom is -0.345 e. The third-order valence-corrected chi connectivity index (χ3v) is 3.88. The van der Waals surface area contributed by atoms with E-state index in [2.05, 4.69) is 5.32 Å². The van der Waals surface area contributed by atoms with Gasteiger partial charge in [-0.25, -0.2) is 0 Å². The Hall–Kier alpha value is -1.49. The first-order valence-electron chi connectivity index (χ1n) is 6.06. The minimum atomic E-state index is -0.235. The predicted molar refractivity (Wildman–Crippen MR) is 84.5 cm³/mol. The van der Waals surface area contributed by atoms with Gasteiger partial charge in [0.2, 0.25) is 5.91 Å². The third-order valence-electron chi connectivity index (χ3n) is 2.85. The van der Waals surface area contributed by atoms with Crippen molar-refractivity contribution in [1.82, 2.24) is 4.57 Å². The Morgan fingerprint density at radius 3 is 2.62 bits per heavy atom. The van der Waals surface area contributed by atoms with Gasteiger partial charge in [0.15, 0.2) is 6.29 Å². The standard InChI is InChI=1S/C14H11Cl3N2O2/c15-10-6-12(17)13(7-11(10)16)18-14(21)3-5-19-4-1-2-9(19)8-20/h1-2,4,6-8H,3,5H2,(H,18,21). The van der Waals surface area contributed by atoms with Gasteiger partial charge < -0.3 is 9.88 Å². The molecular weight excluding hydrogens is 335 g/mol. The van der Waals surface area contributed by atoms with E-state index in [-0.39, 0.29) is 12.3 Å². The van der Waals surface area contributed by atoms with Crippen LogP contribution in [0.4, 0.5) is 5.69 Å². The molecule has 1 N–H and O–H groups in total. The molecule has 1 aromatic carbocycles. The minimum absolute atomic E-state index is 0.200. The molecule has 0 unspecified atom stereocenters. The number of rotatable bonds is 5. The van der Waals surface area contributed by atoms with Crippen molar-refractivity contribution in [3.05, 3.63) is 51.2 Å². The van der Waals surface area contributed by atoms with E-state index in [1.807, 2.05) is 0 Å². The number of nitrogens with one attached hydrogen (secondary N) is 1. The molecule has 21 heavy (non-hydrogen) atoms. The number of hydrogen-bond donors (Lipinski definition) is 1. The van der Waals surface area contributed by atoms with Crippen LogP contribution >= 0.6 is 34.8 Å². The second-order valence-electron chi connectivity index (χ2n) is 4.29. The van der Waals surface area contributed by atoms with E-state index in [4.69, 9.17) is 34.8 Å². The van der Waals surface area contributed by atoms with Crippen LogP contribution in [0.2, 0.25) is 15.1 Å². The van der Waals surface area contributed by atoms with E-state index in [9.17, 15) is 9.59 Å². The zero-order valence-corrected chi connectivity index (χ0v) is 13.0. The molecule has 0 aliphatic rings. The zero-order valence-electron chi connectivity index (χ0n) is 10.8. The molecule has 0 aliphatic heterocycles. The fourth-order valence-electron chi connectivity index (χ4n) is 1.79. The summed E-state index contributed by atoms with van der Waals surface area (Å²) in [7, 11) is 0. The maximum absolute atomic E-state index is 11.9. The van der Waals surface area contributed by atoms with Gasteiger partial charge >= 0.3 is 0 Å². The fourth-order valence-corrected chi connectivity index (χ4v) is 2.39. The van der Waals surface area contributed by atoms with Crippen molar-refractivity contribution >= 4 is 52.7 Å². The first kappa shape index (κ1) is 15.9. The molecule has 2 rings (SSSR count). The Morgan fingerprint density at radius 2 is 1.90 bits per heavy atom. The molecule has 2 aromatic rings. The van der Waals surface area contributed by atoms with E-state index in [0.29, 0.717) is 33.0 Å². The number of anilines is 1. The molecule has 4 nitrogen and oxygen atoms in total. The molecule has 0 atom stereocenters. The molecule has 1 heterocycles. The van der Waals surface area contributed by atoms with Crippen LogP contribution in [0, 0.1) is 0 Å². The molecule has 1 amide bonds. The first-order valence-corrected chi connectivity index (χ1v) is 7.19. The lowest BCUT2D eigenvalue weighted by Crippen LogP contribution is -2.15. The summed E-state index contributed by atoms with van der Waals surface area (Å²) in [6.45, 7) is 0.395. The van der Waals surface area contributed by atoms with Gasteiger partial charge in [-0.3, -0.25) is 9.59 Å². The molecule has 0 aliphatic carbocycles. The first-order chi connectivity index (χ1) is 10.0. The summed E-state index contributed by atoms with van der Waals surface area (Å²) in [5.74, 6) is -0.235. The van der Waals surface area contributed by atoms with Gasteiger partial charge in [0, 0.05) is 19.2 Å². The number of aryl methyl sites for hydroxylation is 1. The number of carbonyl (C=O) groups is 2. The number of nitrogens with zero attached hydrogens (tertiary/aromatic N) is 1. The van der Waals surface area contributed by atoms with E-state index >= 15 is 0 Å². The van der Waals surface area contributed by atoms with Crippen LogP contribution in [-0.4, -0.2) is 16.8 Å². The van der Waals surface area contributed by atoms with Gasteiger partial charge in [0.25, 0.3) is 0 Å². The predicted octanol–water partition coefficient (Wildman–Crippen LogP) is 4.29. The van der Waals surface area contributed by atoms with E-state index in [0.717, 1.165) is 6.29 Å². The molecule has 0 bridgehead atoms. The van der Waals surface area contributed by atoms with Crippen LogP contribution in [0.15, 0.2) is 30.5 Å². The number of aromatic nitrogens is 1. The van der Waals surface area contributed by atoms with Crippen LogP contribution in [0.5, 0.6) is 0 Å². The second kappa shape index (κ2) is 6.98. The summed E-state index contributed by atoms with van der Waals surface area (Å²) < 4.78 is 1.70. The summed E-state index contributed by atoms with van der Waals surface area (Å²) in [5.41, 5.74) is 0.926. The zero-order chi connectivity index (χ0) is 15.4. The van der Waals surface area contributed by atoms with Gasteiger partial charge in [-0.15, -0.1) is 0 Å². The normalized spacial score (nSPS) is 10.4. The number of aldehydes is 1. The van der Waals surface area contributed by atoms with Crippen LogP contribution in [0.3, 0.4) is 0 Å². The van der Waals surface area contributed by atoms with Crippen molar-refractivity contribution < 1.29 is 9.59 Å². The molecule has 7 heteroatoms. The van der Waals surface area contributed by atoms with E-state index in [1.165, 1.54) is 12.1 Å². The molecule has 110 valence electrons. The maximum atomic E-state index is 11.9. The molecular formula is C14H11Cl3N2O2. The van der Waals surface area contributed by atoms with Crippen LogP contribution in [0.1, 0.15) is 16.9 Å². The Balaban J connectivity index is 1.99. The lowest BCUT2D eigenvalue weighted by Gasteiger charge is -2.09. The van der Waals surface area contributed by atoms with Gasteiger partial charge in [0.05, 0.1) is 26.4 Å². The Bertz CT molecular complexity index is 683. The number of benzene rings is 1. The van der Waals surface area contributed by atoms with Crippen molar-refractivity contribution in [3.8, 4) is 0 Å². The van der Waals surface area contributed by atoms with Crippen LogP contribution < -0.4 is 5.32 Å². The van der Waals surface area contributed by atoms with E-state index in [1.54, 1.807) is 22.9 Å². The number of amides is 1. The largest absolute Gasteiger partial charge is 0.345 e. The highest BCUT2D eigenvalue weighted by molar-refractivity contribution is 6.44. The highest BCUT2D eigenvalue weighted by Crippen LogP contribution is 2.32. The van der Waals surface area contributed by atoms with Gasteiger partial charge in [-0.2, -0.15) is 0 Å². The van der Waals surface area contributed by atoms with Crippen molar-refractivity contribution in [2.75, 3.05) is 5.32 Å². The number of halogens is 3. The molecule has 0 radical (unpaired) electrons. The lowest BCUT2D eigenvalue weighted by atomic mass is 10.3. The molecule has 1 aromatic heterocycles. The summed E-state index contributed by atoms with van der Waals surface area (Å²) in [5, 5.41) is 3.61. The van der Waals surface area contributed by atoms with Crippen molar-refractivity contribution in [2.45, 2.75) is 13.0 Å². The SMILES string of the molecule is O=Cc1cccn1CCC(=O)Nc1cc(Cl)c(Cl)cc1Cl. The van der Waals surface area contributed by atoms with Crippen molar-refractivity contribution in [3.63, 3.8) is 0 Å². The summed E-state index contributed by atoms with van der Waals surface area (Å²) in [6, 6.07) is 6.40. The maximum Gasteiger partial charge on any atom is 0.226 e. The average Bonchev–Trinajstić information content (AvgIpc) is 2.90. The highest BCUT2D eigenvalue weighted by Gasteiger charge is 2.10. The number of carbonyl (C=O) groups excluding carboxylic acids is 2. The third kappa shape index (κ3) is 4.00. The molecule has 0 fully saturated rings. The Labute approximate surface area is 136 Å². The fraction of sp³-hybridized carbons (Fsp3) is 0.143. The summed E-state index contributed by atoms with van der Waals surface area (Å²) in [4.78, 5) is 22.7. The van der Waals surface area contributed by atoms with Gasteiger partial charge in [0.1, 0.15) is 0 Å². The molecule has 0 saturated carbocycles. The number of hydrogen-bond acceptors (Lipinski definition) is 2. The molecule has 0 spiro atoms. The van der Waals surface area contributed by atoms with Crippen molar-refractivity contribution in [2.24, 2.45) is 0 Å². The second-order valence-corrected chi connectivity index (χ2v) is 5.51. The highest BCUT2D eigenvalue weighted by atomic mass is 35.5. The Kier molecular flexibility index (Phi) is 5.28. The quantitative estimate of drug-likeness (QED) is 0.649. The summed E-state index contributed by atoms with van der Waals surface area (Å²) in [6.07, 6.45) is 2.68. The van der Waals surface area contributed by atoms with Crippen LogP contribution in [0.25, 0.3) is 0 Å². The smallest absolute Gasteiger partial charge is 0.226 e. The topological polar surface area (TPSA) is 51.1 Å².